The highest BCUT2D eigenvalue weighted by Gasteiger charge is 2.26. The summed E-state index contributed by atoms with van der Waals surface area (Å²) in [5.74, 6) is 0.797. The molecule has 1 fully saturated rings. The SMILES string of the molecule is O=S(=O)(Nc1ccccc1OCC1CCN(c2nc3ccc(Cl)cc3s2)C1)c1ccccn1. The van der Waals surface area contributed by atoms with Gasteiger partial charge in [-0.1, -0.05) is 41.1 Å². The van der Waals surface area contributed by atoms with E-state index in [0.29, 0.717) is 29.0 Å². The number of nitrogens with one attached hydrogen (secondary N) is 1. The molecule has 10 heteroatoms. The molecule has 2 aromatic carbocycles. The van der Waals surface area contributed by atoms with Gasteiger partial charge in [0, 0.05) is 30.2 Å². The molecule has 0 spiro atoms. The maximum Gasteiger partial charge on any atom is 0.279 e. The van der Waals surface area contributed by atoms with Gasteiger partial charge < -0.3 is 9.64 Å². The van der Waals surface area contributed by atoms with Crippen molar-refractivity contribution in [3.05, 3.63) is 71.9 Å². The third kappa shape index (κ3) is 4.90. The highest BCUT2D eigenvalue weighted by molar-refractivity contribution is 7.92. The summed E-state index contributed by atoms with van der Waals surface area (Å²) in [6.07, 6.45) is 2.42. The van der Waals surface area contributed by atoms with Crippen molar-refractivity contribution >= 4 is 54.0 Å². The summed E-state index contributed by atoms with van der Waals surface area (Å²) < 4.78 is 35.0. The average Bonchev–Trinajstić information content (AvgIpc) is 3.45. The number of hydrogen-bond donors (Lipinski definition) is 1. The van der Waals surface area contributed by atoms with Crippen molar-refractivity contribution in [1.29, 1.82) is 0 Å². The van der Waals surface area contributed by atoms with Crippen LogP contribution in [-0.2, 0) is 10.0 Å². The molecule has 0 aliphatic carbocycles. The van der Waals surface area contributed by atoms with Crippen LogP contribution in [0.25, 0.3) is 10.2 Å². The van der Waals surface area contributed by atoms with E-state index >= 15 is 0 Å². The molecule has 0 saturated carbocycles. The number of rotatable bonds is 7. The number of halogens is 1. The summed E-state index contributed by atoms with van der Waals surface area (Å²) in [6, 6.07) is 17.5. The molecule has 1 saturated heterocycles. The first-order valence-corrected chi connectivity index (χ1v) is 13.1. The molecule has 2 aromatic heterocycles. The number of hydrogen-bond acceptors (Lipinski definition) is 7. The molecule has 5 rings (SSSR count). The Balaban J connectivity index is 1.24. The van der Waals surface area contributed by atoms with Crippen molar-refractivity contribution in [1.82, 2.24) is 9.97 Å². The minimum Gasteiger partial charge on any atom is -0.491 e. The summed E-state index contributed by atoms with van der Waals surface area (Å²) >= 11 is 7.74. The molecule has 4 aromatic rings. The predicted octanol–water partition coefficient (Wildman–Crippen LogP) is 5.05. The van der Waals surface area contributed by atoms with E-state index in [1.165, 1.54) is 12.3 Å². The lowest BCUT2D eigenvalue weighted by atomic mass is 10.1. The third-order valence-electron chi connectivity index (χ3n) is 5.41. The van der Waals surface area contributed by atoms with E-state index in [2.05, 4.69) is 14.6 Å². The number of para-hydroxylation sites is 2. The van der Waals surface area contributed by atoms with Crippen molar-refractivity contribution in [2.45, 2.75) is 11.4 Å². The molecule has 170 valence electrons. The summed E-state index contributed by atoms with van der Waals surface area (Å²) in [5.41, 5.74) is 1.34. The molecule has 7 nitrogen and oxygen atoms in total. The van der Waals surface area contributed by atoms with Crippen molar-refractivity contribution in [2.75, 3.05) is 29.3 Å². The van der Waals surface area contributed by atoms with Crippen LogP contribution in [0, 0.1) is 5.92 Å². The number of ether oxygens (including phenoxy) is 1. The lowest BCUT2D eigenvalue weighted by Crippen LogP contribution is -2.22. The molecule has 0 amide bonds. The Hall–Kier alpha value is -2.88. The Morgan fingerprint density at radius 1 is 1.15 bits per heavy atom. The van der Waals surface area contributed by atoms with Crippen LogP contribution in [0.3, 0.4) is 0 Å². The average molecular weight is 501 g/mol. The van der Waals surface area contributed by atoms with E-state index in [1.54, 1.807) is 41.7 Å². The predicted molar refractivity (Wildman–Crippen MR) is 132 cm³/mol. The Morgan fingerprint density at radius 2 is 2.00 bits per heavy atom. The fourth-order valence-corrected chi connectivity index (χ4v) is 6.05. The molecule has 33 heavy (non-hydrogen) atoms. The van der Waals surface area contributed by atoms with Crippen molar-refractivity contribution < 1.29 is 13.2 Å². The second-order valence-electron chi connectivity index (χ2n) is 7.79. The lowest BCUT2D eigenvalue weighted by molar-refractivity contribution is 0.262. The van der Waals surface area contributed by atoms with Gasteiger partial charge in [-0.2, -0.15) is 8.42 Å². The number of sulfonamides is 1. The van der Waals surface area contributed by atoms with Crippen LogP contribution in [-0.4, -0.2) is 38.1 Å². The van der Waals surface area contributed by atoms with Crippen LogP contribution < -0.4 is 14.4 Å². The first kappa shape index (κ1) is 21.9. The zero-order chi connectivity index (χ0) is 22.8. The van der Waals surface area contributed by atoms with Crippen LogP contribution in [0.1, 0.15) is 6.42 Å². The highest BCUT2D eigenvalue weighted by atomic mass is 35.5. The van der Waals surface area contributed by atoms with Gasteiger partial charge in [-0.25, -0.2) is 9.97 Å². The van der Waals surface area contributed by atoms with Crippen LogP contribution in [0.5, 0.6) is 5.75 Å². The maximum absolute atomic E-state index is 12.7. The van der Waals surface area contributed by atoms with Gasteiger partial charge in [0.15, 0.2) is 10.2 Å². The van der Waals surface area contributed by atoms with E-state index in [1.807, 2.05) is 24.3 Å². The molecule has 1 unspecified atom stereocenters. The molecular weight excluding hydrogens is 480 g/mol. The molecule has 1 N–H and O–H groups in total. The van der Waals surface area contributed by atoms with E-state index in [4.69, 9.17) is 21.3 Å². The van der Waals surface area contributed by atoms with Crippen LogP contribution >= 0.6 is 22.9 Å². The monoisotopic (exact) mass is 500 g/mol. The van der Waals surface area contributed by atoms with Gasteiger partial charge >= 0.3 is 0 Å². The second kappa shape index (κ2) is 9.17. The van der Waals surface area contributed by atoms with Gasteiger partial charge in [-0.3, -0.25) is 4.72 Å². The van der Waals surface area contributed by atoms with Crippen LogP contribution in [0.2, 0.25) is 5.02 Å². The quantitative estimate of drug-likeness (QED) is 0.382. The first-order valence-electron chi connectivity index (χ1n) is 10.4. The topological polar surface area (TPSA) is 84.4 Å². The Bertz CT molecular complexity index is 1380. The fourth-order valence-electron chi connectivity index (χ4n) is 3.75. The number of pyridine rings is 1. The summed E-state index contributed by atoms with van der Waals surface area (Å²) in [6.45, 7) is 2.21. The molecule has 0 radical (unpaired) electrons. The molecule has 1 aliphatic rings. The summed E-state index contributed by atoms with van der Waals surface area (Å²) in [5, 5.41) is 1.66. The van der Waals surface area contributed by atoms with Gasteiger partial charge in [-0.05, 0) is 48.9 Å². The minimum atomic E-state index is -3.80. The number of aromatic nitrogens is 2. The zero-order valence-electron chi connectivity index (χ0n) is 17.5. The standard InChI is InChI=1S/C23H21ClN4O3S2/c24-17-8-9-19-21(13-17)32-23(26-19)28-12-10-16(14-28)15-31-20-6-2-1-5-18(20)27-33(29,30)22-7-3-4-11-25-22/h1-9,11,13,16,27H,10,12,14-15H2. The van der Waals surface area contributed by atoms with Gasteiger partial charge in [-0.15, -0.1) is 0 Å². The largest absolute Gasteiger partial charge is 0.491 e. The number of nitrogens with zero attached hydrogens (tertiary/aromatic N) is 3. The van der Waals surface area contributed by atoms with Gasteiger partial charge in [0.25, 0.3) is 10.0 Å². The van der Waals surface area contributed by atoms with Crippen LogP contribution in [0.15, 0.2) is 71.9 Å². The van der Waals surface area contributed by atoms with Gasteiger partial charge in [0.05, 0.1) is 22.5 Å². The molecular formula is C23H21ClN4O3S2. The maximum atomic E-state index is 12.7. The normalized spacial score (nSPS) is 16.3. The smallest absolute Gasteiger partial charge is 0.279 e. The summed E-state index contributed by atoms with van der Waals surface area (Å²) in [4.78, 5) is 10.9. The molecule has 3 heterocycles. The zero-order valence-corrected chi connectivity index (χ0v) is 19.9. The molecule has 1 atom stereocenters. The summed E-state index contributed by atoms with van der Waals surface area (Å²) in [7, 11) is -3.80. The van der Waals surface area contributed by atoms with Gasteiger partial charge in [0.1, 0.15) is 5.75 Å². The van der Waals surface area contributed by atoms with Crippen molar-refractivity contribution in [2.24, 2.45) is 5.92 Å². The minimum absolute atomic E-state index is 0.0386. The Labute approximate surface area is 201 Å². The third-order valence-corrected chi connectivity index (χ3v) is 8.01. The van der Waals surface area contributed by atoms with Crippen molar-refractivity contribution in [3.63, 3.8) is 0 Å². The molecule has 0 bridgehead atoms. The highest BCUT2D eigenvalue weighted by Crippen LogP contribution is 2.34. The first-order chi connectivity index (χ1) is 16.0. The Morgan fingerprint density at radius 3 is 2.85 bits per heavy atom. The number of thiazole rings is 1. The number of fused-ring (bicyclic) bond motifs is 1. The van der Waals surface area contributed by atoms with Crippen LogP contribution in [0.4, 0.5) is 10.8 Å². The Kier molecular flexibility index (Phi) is 6.09. The fraction of sp³-hybridized carbons (Fsp3) is 0.217. The van der Waals surface area contributed by atoms with Crippen molar-refractivity contribution in [3.8, 4) is 5.75 Å². The number of benzene rings is 2. The van der Waals surface area contributed by atoms with Gasteiger partial charge in [0.2, 0.25) is 0 Å². The number of anilines is 2. The second-order valence-corrected chi connectivity index (χ2v) is 10.9. The van der Waals surface area contributed by atoms with E-state index in [9.17, 15) is 8.42 Å². The van der Waals surface area contributed by atoms with E-state index < -0.39 is 10.0 Å². The molecule has 1 aliphatic heterocycles. The van der Waals surface area contributed by atoms with E-state index in [0.717, 1.165) is 34.9 Å². The lowest BCUT2D eigenvalue weighted by Gasteiger charge is -2.17. The van der Waals surface area contributed by atoms with E-state index in [-0.39, 0.29) is 5.03 Å².